The average molecular weight is 231 g/mol. The third-order valence-electron chi connectivity index (χ3n) is 3.63. The van der Waals surface area contributed by atoms with E-state index in [1.807, 2.05) is 11.0 Å². The second kappa shape index (κ2) is 5.35. The molecule has 1 aromatic rings. The normalized spacial score (nSPS) is 22.2. The number of nitrogens with zero attached hydrogens (tertiary/aromatic N) is 1. The molecule has 1 aliphatic carbocycles. The van der Waals surface area contributed by atoms with Gasteiger partial charge in [-0.1, -0.05) is 37.3 Å². The first-order chi connectivity index (χ1) is 8.22. The zero-order valence-corrected chi connectivity index (χ0v) is 10.7. The molecule has 2 atom stereocenters. The molecule has 1 aromatic carbocycles. The third kappa shape index (κ3) is 3.09. The summed E-state index contributed by atoms with van der Waals surface area (Å²) in [6, 6.07) is 10.4. The molecule has 1 amide bonds. The highest BCUT2D eigenvalue weighted by Gasteiger charge is 2.40. The van der Waals surface area contributed by atoms with Gasteiger partial charge in [-0.2, -0.15) is 0 Å². The molecule has 0 saturated heterocycles. The Kier molecular flexibility index (Phi) is 3.82. The second-order valence-electron chi connectivity index (χ2n) is 4.97. The zero-order chi connectivity index (χ0) is 12.3. The Hall–Kier alpha value is -1.31. The van der Waals surface area contributed by atoms with Crippen LogP contribution in [-0.2, 0) is 11.2 Å². The lowest BCUT2D eigenvalue weighted by molar-refractivity contribution is -0.132. The lowest BCUT2D eigenvalue weighted by Gasteiger charge is -2.21. The molecule has 0 aromatic heterocycles. The fraction of sp³-hybridized carbons (Fsp3) is 0.533. The molecule has 0 spiro atoms. The number of hydrogen-bond acceptors (Lipinski definition) is 1. The lowest BCUT2D eigenvalue weighted by Crippen LogP contribution is -2.34. The van der Waals surface area contributed by atoms with Crippen LogP contribution in [0.3, 0.4) is 0 Å². The molecule has 0 radical (unpaired) electrons. The minimum absolute atomic E-state index is 0.311. The molecule has 2 unspecified atom stereocenters. The van der Waals surface area contributed by atoms with Crippen LogP contribution in [0.15, 0.2) is 30.3 Å². The van der Waals surface area contributed by atoms with Crippen LogP contribution in [-0.4, -0.2) is 23.9 Å². The van der Waals surface area contributed by atoms with Gasteiger partial charge in [-0.3, -0.25) is 4.79 Å². The molecule has 1 saturated carbocycles. The molecule has 0 heterocycles. The summed E-state index contributed by atoms with van der Waals surface area (Å²) in [6.07, 6.45) is 2.04. The number of hydrogen-bond donors (Lipinski definition) is 0. The Bertz CT molecular complexity index is 374. The van der Waals surface area contributed by atoms with E-state index in [-0.39, 0.29) is 0 Å². The van der Waals surface area contributed by atoms with Crippen molar-refractivity contribution in [3.63, 3.8) is 0 Å². The van der Waals surface area contributed by atoms with E-state index in [9.17, 15) is 4.79 Å². The number of amides is 1. The molecule has 0 aliphatic heterocycles. The highest BCUT2D eigenvalue weighted by Crippen LogP contribution is 2.39. The minimum atomic E-state index is 0.311. The third-order valence-corrected chi connectivity index (χ3v) is 3.63. The minimum Gasteiger partial charge on any atom is -0.342 e. The van der Waals surface area contributed by atoms with Gasteiger partial charge >= 0.3 is 0 Å². The van der Waals surface area contributed by atoms with Crippen molar-refractivity contribution in [3.8, 4) is 0 Å². The van der Waals surface area contributed by atoms with Crippen LogP contribution in [0.1, 0.15) is 25.8 Å². The Morgan fingerprint density at radius 2 is 2.00 bits per heavy atom. The fourth-order valence-corrected chi connectivity index (χ4v) is 2.23. The summed E-state index contributed by atoms with van der Waals surface area (Å²) in [6.45, 7) is 5.90. The van der Waals surface area contributed by atoms with Crippen molar-refractivity contribution in [2.75, 3.05) is 13.1 Å². The monoisotopic (exact) mass is 231 g/mol. The van der Waals surface area contributed by atoms with Crippen molar-refractivity contribution in [2.45, 2.75) is 26.7 Å². The highest BCUT2D eigenvalue weighted by molar-refractivity contribution is 5.81. The van der Waals surface area contributed by atoms with Crippen LogP contribution in [0, 0.1) is 11.8 Å². The van der Waals surface area contributed by atoms with Crippen LogP contribution < -0.4 is 0 Å². The first-order valence-electron chi connectivity index (χ1n) is 6.55. The Balaban J connectivity index is 1.85. The van der Waals surface area contributed by atoms with Gasteiger partial charge in [0.1, 0.15) is 0 Å². The lowest BCUT2D eigenvalue weighted by atomic mass is 10.1. The second-order valence-corrected chi connectivity index (χ2v) is 4.97. The molecule has 92 valence electrons. The van der Waals surface area contributed by atoms with E-state index in [4.69, 9.17) is 0 Å². The largest absolute Gasteiger partial charge is 0.342 e. The summed E-state index contributed by atoms with van der Waals surface area (Å²) < 4.78 is 0. The number of likely N-dealkylation sites (N-methyl/N-ethyl adjacent to an activating group) is 1. The van der Waals surface area contributed by atoms with Crippen LogP contribution in [0.5, 0.6) is 0 Å². The number of rotatable bonds is 5. The van der Waals surface area contributed by atoms with Crippen LogP contribution in [0.2, 0.25) is 0 Å². The summed E-state index contributed by atoms with van der Waals surface area (Å²) in [5, 5.41) is 0. The zero-order valence-electron chi connectivity index (χ0n) is 10.7. The van der Waals surface area contributed by atoms with E-state index in [0.29, 0.717) is 17.7 Å². The molecule has 0 N–H and O–H groups in total. The van der Waals surface area contributed by atoms with Gasteiger partial charge in [0, 0.05) is 19.0 Å². The maximum absolute atomic E-state index is 12.1. The number of carbonyl (C=O) groups excluding carboxylic acids is 1. The van der Waals surface area contributed by atoms with Crippen molar-refractivity contribution in [3.05, 3.63) is 35.9 Å². The summed E-state index contributed by atoms with van der Waals surface area (Å²) in [4.78, 5) is 14.1. The van der Waals surface area contributed by atoms with Crippen LogP contribution in [0.4, 0.5) is 0 Å². The van der Waals surface area contributed by atoms with Crippen molar-refractivity contribution in [2.24, 2.45) is 11.8 Å². The molecule has 1 fully saturated rings. The first kappa shape index (κ1) is 12.2. The van der Waals surface area contributed by atoms with Crippen molar-refractivity contribution < 1.29 is 4.79 Å². The molecule has 2 rings (SSSR count). The van der Waals surface area contributed by atoms with E-state index in [2.05, 4.69) is 38.1 Å². The summed E-state index contributed by atoms with van der Waals surface area (Å²) in [5.74, 6) is 1.27. The standard InChI is InChI=1S/C15H21NO/c1-3-16(15(17)14-11-12(14)2)10-9-13-7-5-4-6-8-13/h4-8,12,14H,3,9-11H2,1-2H3. The molecule has 0 bridgehead atoms. The quantitative estimate of drug-likeness (QED) is 0.763. The summed E-state index contributed by atoms with van der Waals surface area (Å²) in [5.41, 5.74) is 1.31. The maximum Gasteiger partial charge on any atom is 0.225 e. The van der Waals surface area contributed by atoms with Crippen LogP contribution >= 0.6 is 0 Å². The maximum atomic E-state index is 12.1. The van der Waals surface area contributed by atoms with E-state index in [0.717, 1.165) is 25.9 Å². The van der Waals surface area contributed by atoms with E-state index in [1.54, 1.807) is 0 Å². The van der Waals surface area contributed by atoms with Gasteiger partial charge in [-0.25, -0.2) is 0 Å². The molecular weight excluding hydrogens is 210 g/mol. The van der Waals surface area contributed by atoms with Gasteiger partial charge in [0.05, 0.1) is 0 Å². The SMILES string of the molecule is CCN(CCc1ccccc1)C(=O)C1CC1C. The topological polar surface area (TPSA) is 20.3 Å². The van der Waals surface area contributed by atoms with Gasteiger partial charge < -0.3 is 4.90 Å². The fourth-order valence-electron chi connectivity index (χ4n) is 2.23. The molecule has 17 heavy (non-hydrogen) atoms. The van der Waals surface area contributed by atoms with Crippen molar-refractivity contribution in [1.82, 2.24) is 4.90 Å². The molecular formula is C15H21NO. The van der Waals surface area contributed by atoms with Gasteiger partial charge in [0.2, 0.25) is 5.91 Å². The first-order valence-corrected chi connectivity index (χ1v) is 6.55. The Labute approximate surface area is 104 Å². The van der Waals surface area contributed by atoms with Crippen molar-refractivity contribution >= 4 is 5.91 Å². The average Bonchev–Trinajstić information content (AvgIpc) is 3.08. The predicted molar refractivity (Wildman–Crippen MR) is 69.7 cm³/mol. The van der Waals surface area contributed by atoms with Gasteiger partial charge in [-0.05, 0) is 31.2 Å². The van der Waals surface area contributed by atoms with E-state index < -0.39 is 0 Å². The summed E-state index contributed by atoms with van der Waals surface area (Å²) >= 11 is 0. The smallest absolute Gasteiger partial charge is 0.225 e. The molecule has 2 nitrogen and oxygen atoms in total. The number of carbonyl (C=O) groups is 1. The number of benzene rings is 1. The summed E-state index contributed by atoms with van der Waals surface area (Å²) in [7, 11) is 0. The highest BCUT2D eigenvalue weighted by atomic mass is 16.2. The molecule has 2 heteroatoms. The van der Waals surface area contributed by atoms with E-state index >= 15 is 0 Å². The Morgan fingerprint density at radius 3 is 2.53 bits per heavy atom. The molecule has 1 aliphatic rings. The van der Waals surface area contributed by atoms with Gasteiger partial charge in [0.25, 0.3) is 0 Å². The van der Waals surface area contributed by atoms with Crippen LogP contribution in [0.25, 0.3) is 0 Å². The predicted octanol–water partition coefficient (Wildman–Crippen LogP) is 2.73. The van der Waals surface area contributed by atoms with Gasteiger partial charge in [-0.15, -0.1) is 0 Å². The van der Waals surface area contributed by atoms with Crippen molar-refractivity contribution in [1.29, 1.82) is 0 Å². The van der Waals surface area contributed by atoms with Gasteiger partial charge in [0.15, 0.2) is 0 Å². The Morgan fingerprint density at radius 1 is 1.35 bits per heavy atom. The van der Waals surface area contributed by atoms with E-state index in [1.165, 1.54) is 5.56 Å².